The van der Waals surface area contributed by atoms with Gasteiger partial charge in [0.2, 0.25) is 6.29 Å². The molecule has 0 spiro atoms. The summed E-state index contributed by atoms with van der Waals surface area (Å²) in [5.41, 5.74) is 0.672. The van der Waals surface area contributed by atoms with E-state index in [2.05, 4.69) is 0 Å². The van der Waals surface area contributed by atoms with E-state index in [0.29, 0.717) is 11.3 Å². The number of carbonyl (C=O) groups excluding carboxylic acids is 1. The first kappa shape index (κ1) is 24.0. The number of phenols is 1. The van der Waals surface area contributed by atoms with Gasteiger partial charge < -0.3 is 49.2 Å². The van der Waals surface area contributed by atoms with Crippen molar-refractivity contribution in [2.24, 2.45) is 0 Å². The van der Waals surface area contributed by atoms with Crippen LogP contribution in [-0.2, 0) is 4.74 Å². The quantitative estimate of drug-likeness (QED) is 0.388. The first-order chi connectivity index (χ1) is 16.3. The molecular weight excluding hydrogens is 452 g/mol. The average molecular weight is 478 g/mol. The van der Waals surface area contributed by atoms with E-state index in [1.807, 2.05) is 0 Å². The Balaban J connectivity index is 1.57. The Labute approximate surface area is 194 Å². The van der Waals surface area contributed by atoms with Gasteiger partial charge in [-0.15, -0.1) is 0 Å². The van der Waals surface area contributed by atoms with Crippen molar-refractivity contribution in [3.8, 4) is 28.7 Å². The first-order valence-corrected chi connectivity index (χ1v) is 10.5. The number of hydrogen-bond acceptors (Lipinski definition) is 11. The van der Waals surface area contributed by atoms with E-state index in [9.17, 15) is 30.3 Å². The lowest BCUT2D eigenvalue weighted by atomic mass is 9.95. The summed E-state index contributed by atoms with van der Waals surface area (Å²) >= 11 is 0. The van der Waals surface area contributed by atoms with Gasteiger partial charge in [0, 0.05) is 12.1 Å². The molecule has 184 valence electrons. The molecule has 0 aromatic heterocycles. The largest absolute Gasteiger partial charge is 0.507 e. The Kier molecular flexibility index (Phi) is 6.82. The Morgan fingerprint density at radius 2 is 1.76 bits per heavy atom. The second-order valence-electron chi connectivity index (χ2n) is 7.98. The zero-order valence-electron chi connectivity index (χ0n) is 18.5. The van der Waals surface area contributed by atoms with Crippen molar-refractivity contribution in [2.45, 2.75) is 43.2 Å². The van der Waals surface area contributed by atoms with E-state index >= 15 is 0 Å². The van der Waals surface area contributed by atoms with Gasteiger partial charge in [-0.25, -0.2) is 0 Å². The molecule has 0 saturated carbocycles. The molecule has 1 unspecified atom stereocenters. The van der Waals surface area contributed by atoms with Gasteiger partial charge in [0.25, 0.3) is 0 Å². The van der Waals surface area contributed by atoms with E-state index < -0.39 is 43.4 Å². The number of aromatic hydroxyl groups is 1. The molecule has 0 aliphatic carbocycles. The standard InChI is InChI=1S/C23H26O11/c1-30-11-6-12(25)19-13(26)8-15(32-17(19)7-11)10-3-4-14(16(5-10)31-2)33-23-22(29)21(28)20(27)18(9-24)34-23/h3-7,15,18,20-25,27-29H,8-9H2,1-2H3/t15?,18-,20-,21+,22-,23-/m1/s1. The lowest BCUT2D eigenvalue weighted by molar-refractivity contribution is -0.277. The molecule has 11 heteroatoms. The number of ether oxygens (including phenoxy) is 5. The van der Waals surface area contributed by atoms with Gasteiger partial charge in [0.1, 0.15) is 53.3 Å². The molecule has 0 bridgehead atoms. The smallest absolute Gasteiger partial charge is 0.229 e. The molecule has 4 rings (SSSR count). The third kappa shape index (κ3) is 4.36. The second kappa shape index (κ2) is 9.65. The fourth-order valence-electron chi connectivity index (χ4n) is 3.99. The number of carbonyl (C=O) groups is 1. The van der Waals surface area contributed by atoms with Crippen molar-refractivity contribution >= 4 is 5.78 Å². The van der Waals surface area contributed by atoms with Gasteiger partial charge in [0.15, 0.2) is 17.3 Å². The molecule has 0 amide bonds. The molecule has 11 nitrogen and oxygen atoms in total. The third-order valence-corrected chi connectivity index (χ3v) is 5.86. The number of fused-ring (bicyclic) bond motifs is 1. The predicted octanol–water partition coefficient (Wildman–Crippen LogP) is 0.295. The van der Waals surface area contributed by atoms with Crippen molar-refractivity contribution in [2.75, 3.05) is 20.8 Å². The monoisotopic (exact) mass is 478 g/mol. The van der Waals surface area contributed by atoms with Crippen molar-refractivity contribution < 1.29 is 54.0 Å². The molecule has 2 aliphatic rings. The number of hydrogen-bond donors (Lipinski definition) is 5. The Bertz CT molecular complexity index is 1050. The number of methoxy groups -OCH3 is 2. The zero-order chi connectivity index (χ0) is 24.6. The molecule has 2 aliphatic heterocycles. The van der Waals surface area contributed by atoms with Crippen LogP contribution in [0, 0.1) is 0 Å². The minimum Gasteiger partial charge on any atom is -0.507 e. The predicted molar refractivity (Wildman–Crippen MR) is 114 cm³/mol. The van der Waals surface area contributed by atoms with Crippen LogP contribution >= 0.6 is 0 Å². The highest BCUT2D eigenvalue weighted by Gasteiger charge is 2.45. The van der Waals surface area contributed by atoms with Crippen molar-refractivity contribution in [1.29, 1.82) is 0 Å². The topological polar surface area (TPSA) is 164 Å². The Morgan fingerprint density at radius 1 is 1.00 bits per heavy atom. The average Bonchev–Trinajstić information content (AvgIpc) is 2.83. The summed E-state index contributed by atoms with van der Waals surface area (Å²) in [5.74, 6) is 0.386. The van der Waals surface area contributed by atoms with Gasteiger partial charge in [-0.05, 0) is 17.7 Å². The highest BCUT2D eigenvalue weighted by Crippen LogP contribution is 2.43. The van der Waals surface area contributed by atoms with Crippen molar-refractivity contribution in [3.63, 3.8) is 0 Å². The van der Waals surface area contributed by atoms with Crippen LogP contribution in [0.1, 0.15) is 28.4 Å². The number of benzene rings is 2. The Morgan fingerprint density at radius 3 is 2.44 bits per heavy atom. The van der Waals surface area contributed by atoms with Gasteiger partial charge in [0.05, 0.1) is 27.2 Å². The van der Waals surface area contributed by atoms with Crippen LogP contribution in [0.25, 0.3) is 0 Å². The van der Waals surface area contributed by atoms with Gasteiger partial charge in [-0.3, -0.25) is 4.79 Å². The molecule has 5 N–H and O–H groups in total. The molecular formula is C23H26O11. The first-order valence-electron chi connectivity index (χ1n) is 10.5. The summed E-state index contributed by atoms with van der Waals surface area (Å²) in [5, 5.41) is 49.6. The van der Waals surface area contributed by atoms with E-state index in [1.165, 1.54) is 32.4 Å². The van der Waals surface area contributed by atoms with Crippen LogP contribution in [-0.4, -0.2) is 82.8 Å². The number of aliphatic hydroxyl groups excluding tert-OH is 4. The Hall–Kier alpha value is -3.09. The van der Waals surface area contributed by atoms with E-state index in [4.69, 9.17) is 23.7 Å². The summed E-state index contributed by atoms with van der Waals surface area (Å²) in [7, 11) is 2.83. The highest BCUT2D eigenvalue weighted by atomic mass is 16.7. The molecule has 2 aromatic carbocycles. The molecule has 2 heterocycles. The van der Waals surface area contributed by atoms with Crippen LogP contribution < -0.4 is 18.9 Å². The third-order valence-electron chi connectivity index (χ3n) is 5.86. The van der Waals surface area contributed by atoms with E-state index in [-0.39, 0.29) is 40.8 Å². The summed E-state index contributed by atoms with van der Waals surface area (Å²) in [4.78, 5) is 12.7. The number of Topliss-reactive ketones (excluding diaryl/α,β-unsaturated/α-hetero) is 1. The summed E-state index contributed by atoms with van der Waals surface area (Å²) in [6.45, 7) is -0.588. The highest BCUT2D eigenvalue weighted by molar-refractivity contribution is 6.02. The summed E-state index contributed by atoms with van der Waals surface area (Å²) < 4.78 is 27.5. The fourth-order valence-corrected chi connectivity index (χ4v) is 3.99. The molecule has 0 radical (unpaired) electrons. The van der Waals surface area contributed by atoms with Crippen LogP contribution in [0.4, 0.5) is 0 Å². The number of ketones is 1. The maximum Gasteiger partial charge on any atom is 0.229 e. The zero-order valence-corrected chi connectivity index (χ0v) is 18.5. The maximum atomic E-state index is 12.7. The summed E-state index contributed by atoms with van der Waals surface area (Å²) in [6, 6.07) is 7.59. The van der Waals surface area contributed by atoms with Gasteiger partial charge in [-0.2, -0.15) is 0 Å². The fraction of sp³-hybridized carbons (Fsp3) is 0.435. The van der Waals surface area contributed by atoms with Crippen molar-refractivity contribution in [1.82, 2.24) is 0 Å². The summed E-state index contributed by atoms with van der Waals surface area (Å²) in [6.07, 6.45) is -7.89. The van der Waals surface area contributed by atoms with Crippen LogP contribution in [0.3, 0.4) is 0 Å². The minimum atomic E-state index is -1.59. The minimum absolute atomic E-state index is 0.0248. The SMILES string of the molecule is COc1cc(O)c2c(c1)OC(c1ccc(O[C@@H]3O[C@H](CO)[C@@H](O)[C@H](O)[C@H]3O)c(OC)c1)CC2=O. The van der Waals surface area contributed by atoms with Gasteiger partial charge in [-0.1, -0.05) is 6.07 Å². The van der Waals surface area contributed by atoms with Crippen molar-refractivity contribution in [3.05, 3.63) is 41.5 Å². The molecule has 2 aromatic rings. The molecule has 34 heavy (non-hydrogen) atoms. The van der Waals surface area contributed by atoms with Crippen LogP contribution in [0.2, 0.25) is 0 Å². The molecule has 1 saturated heterocycles. The molecule has 1 fully saturated rings. The molecule has 6 atom stereocenters. The normalized spacial score (nSPS) is 28.6. The number of aliphatic hydroxyl groups is 4. The van der Waals surface area contributed by atoms with Crippen LogP contribution in [0.15, 0.2) is 30.3 Å². The van der Waals surface area contributed by atoms with E-state index in [1.54, 1.807) is 12.1 Å². The lowest BCUT2D eigenvalue weighted by Gasteiger charge is -2.39. The van der Waals surface area contributed by atoms with Gasteiger partial charge >= 0.3 is 0 Å². The number of phenolic OH excluding ortho intramolecular Hbond substituents is 1. The second-order valence-corrected chi connectivity index (χ2v) is 7.98. The number of rotatable bonds is 6. The lowest BCUT2D eigenvalue weighted by Crippen LogP contribution is -2.60. The van der Waals surface area contributed by atoms with Crippen LogP contribution in [0.5, 0.6) is 28.7 Å². The van der Waals surface area contributed by atoms with E-state index in [0.717, 1.165) is 0 Å². The maximum absolute atomic E-state index is 12.7.